The minimum atomic E-state index is -0.589. The fraction of sp³-hybridized carbons (Fsp3) is 0.286. The zero-order chi connectivity index (χ0) is 19.3. The Bertz CT molecular complexity index is 732. The van der Waals surface area contributed by atoms with E-state index in [-0.39, 0.29) is 18.2 Å². The summed E-state index contributed by atoms with van der Waals surface area (Å²) in [5.41, 5.74) is 3.34. The first kappa shape index (κ1) is 20.2. The number of rotatable bonds is 9. The molecule has 0 aliphatic heterocycles. The third-order valence-corrected chi connectivity index (χ3v) is 3.88. The van der Waals surface area contributed by atoms with Crippen molar-refractivity contribution >= 4 is 23.5 Å². The fourth-order valence-electron chi connectivity index (χ4n) is 2.46. The van der Waals surface area contributed by atoms with E-state index < -0.39 is 5.97 Å². The number of benzene rings is 2. The number of hydrogen-bond acceptors (Lipinski definition) is 4. The zero-order valence-electron chi connectivity index (χ0n) is 15.1. The second-order valence-corrected chi connectivity index (χ2v) is 6.11. The van der Waals surface area contributed by atoms with Gasteiger partial charge in [-0.05, 0) is 37.1 Å². The van der Waals surface area contributed by atoms with Crippen molar-refractivity contribution in [2.45, 2.75) is 38.5 Å². The molecule has 0 saturated heterocycles. The van der Waals surface area contributed by atoms with Gasteiger partial charge in [0.25, 0.3) is 5.91 Å². The van der Waals surface area contributed by atoms with Crippen LogP contribution in [-0.4, -0.2) is 17.8 Å². The molecule has 2 aromatic carbocycles. The topological polar surface area (TPSA) is 84.5 Å². The van der Waals surface area contributed by atoms with Crippen LogP contribution in [0, 0.1) is 0 Å². The van der Waals surface area contributed by atoms with Crippen molar-refractivity contribution in [3.63, 3.8) is 0 Å². The average molecular weight is 368 g/mol. The van der Waals surface area contributed by atoms with Crippen molar-refractivity contribution in [3.05, 3.63) is 66.2 Å². The molecular weight excluding hydrogens is 344 g/mol. The molecule has 0 atom stereocenters. The lowest BCUT2D eigenvalue weighted by molar-refractivity contribution is -0.130. The van der Waals surface area contributed by atoms with E-state index in [4.69, 9.17) is 4.84 Å². The molecule has 0 bridgehead atoms. The van der Waals surface area contributed by atoms with Crippen LogP contribution in [0.2, 0.25) is 0 Å². The second kappa shape index (κ2) is 11.5. The smallest absolute Gasteiger partial charge is 0.335 e. The Hall–Kier alpha value is -3.15. The van der Waals surface area contributed by atoms with E-state index in [0.29, 0.717) is 18.4 Å². The molecule has 0 spiro atoms. The van der Waals surface area contributed by atoms with Crippen LogP contribution in [0.25, 0.3) is 0 Å². The lowest BCUT2D eigenvalue weighted by atomic mass is 10.1. The highest BCUT2D eigenvalue weighted by molar-refractivity contribution is 5.91. The molecule has 6 heteroatoms. The molecule has 2 N–H and O–H groups in total. The molecule has 0 aliphatic rings. The van der Waals surface area contributed by atoms with E-state index in [1.54, 1.807) is 30.3 Å². The summed E-state index contributed by atoms with van der Waals surface area (Å²) in [5, 5.41) is 2.84. The van der Waals surface area contributed by atoms with Crippen LogP contribution in [-0.2, 0) is 14.4 Å². The molecule has 2 aromatic rings. The summed E-state index contributed by atoms with van der Waals surface area (Å²) in [4.78, 5) is 39.9. The summed E-state index contributed by atoms with van der Waals surface area (Å²) >= 11 is 0. The van der Waals surface area contributed by atoms with Gasteiger partial charge in [0.1, 0.15) is 0 Å². The maximum atomic E-state index is 11.8. The Morgan fingerprint density at radius 3 is 1.89 bits per heavy atom. The number of hydrogen-bond donors (Lipinski definition) is 2. The van der Waals surface area contributed by atoms with Crippen LogP contribution in [0.5, 0.6) is 0 Å². The van der Waals surface area contributed by atoms with E-state index in [2.05, 4.69) is 10.8 Å². The van der Waals surface area contributed by atoms with E-state index >= 15 is 0 Å². The normalized spacial score (nSPS) is 10.1. The molecule has 142 valence electrons. The first-order valence-electron chi connectivity index (χ1n) is 9.05. The molecule has 0 unspecified atom stereocenters. The number of anilines is 1. The summed E-state index contributed by atoms with van der Waals surface area (Å²) in [7, 11) is 0. The molecule has 0 aliphatic carbocycles. The van der Waals surface area contributed by atoms with Gasteiger partial charge in [0.15, 0.2) is 0 Å². The van der Waals surface area contributed by atoms with Crippen molar-refractivity contribution in [1.82, 2.24) is 5.48 Å². The van der Waals surface area contributed by atoms with Gasteiger partial charge in [-0.3, -0.25) is 9.59 Å². The Balaban J connectivity index is 1.49. The fourth-order valence-corrected chi connectivity index (χ4v) is 2.46. The van der Waals surface area contributed by atoms with Crippen LogP contribution in [0.1, 0.15) is 48.9 Å². The lowest BCUT2D eigenvalue weighted by Crippen LogP contribution is -2.26. The number of unbranched alkanes of at least 4 members (excludes halogenated alkanes) is 3. The Labute approximate surface area is 158 Å². The number of para-hydroxylation sites is 1. The molecule has 2 amide bonds. The van der Waals surface area contributed by atoms with Gasteiger partial charge in [0.2, 0.25) is 5.91 Å². The second-order valence-electron chi connectivity index (χ2n) is 6.11. The van der Waals surface area contributed by atoms with Gasteiger partial charge in [-0.1, -0.05) is 49.2 Å². The summed E-state index contributed by atoms with van der Waals surface area (Å²) in [6.45, 7) is 0. The van der Waals surface area contributed by atoms with Crippen LogP contribution in [0.3, 0.4) is 0 Å². The summed E-state index contributed by atoms with van der Waals surface area (Å²) in [6, 6.07) is 17.8. The van der Waals surface area contributed by atoms with E-state index in [0.717, 1.165) is 24.9 Å². The van der Waals surface area contributed by atoms with Gasteiger partial charge in [-0.25, -0.2) is 4.79 Å². The SMILES string of the molecule is O=C(CCCCCCC(=O)Nc1ccccc1)NOC(=O)c1ccccc1. The summed E-state index contributed by atoms with van der Waals surface area (Å²) in [5.74, 6) is -0.929. The first-order valence-corrected chi connectivity index (χ1v) is 9.05. The van der Waals surface area contributed by atoms with E-state index in [9.17, 15) is 14.4 Å². The molecule has 2 rings (SSSR count). The van der Waals surface area contributed by atoms with Crippen LogP contribution < -0.4 is 10.8 Å². The Morgan fingerprint density at radius 2 is 1.26 bits per heavy atom. The van der Waals surface area contributed by atoms with Gasteiger partial charge >= 0.3 is 5.97 Å². The summed E-state index contributed by atoms with van der Waals surface area (Å²) in [6.07, 6.45) is 3.87. The standard InChI is InChI=1S/C21H24N2O4/c24-19(22-18-13-7-4-8-14-18)15-9-1-2-10-16-20(25)23-27-21(26)17-11-5-3-6-12-17/h3-8,11-14H,1-2,9-10,15-16H2,(H,22,24)(H,23,25). The monoisotopic (exact) mass is 368 g/mol. The molecule has 0 saturated carbocycles. The maximum absolute atomic E-state index is 11.8. The molecule has 0 fully saturated rings. The van der Waals surface area contributed by atoms with Crippen molar-refractivity contribution < 1.29 is 19.2 Å². The quantitative estimate of drug-likeness (QED) is 0.520. The van der Waals surface area contributed by atoms with Crippen molar-refractivity contribution in [3.8, 4) is 0 Å². The number of carbonyl (C=O) groups excluding carboxylic acids is 3. The molecule has 0 radical (unpaired) electrons. The van der Waals surface area contributed by atoms with E-state index in [1.807, 2.05) is 30.3 Å². The van der Waals surface area contributed by atoms with Gasteiger partial charge < -0.3 is 10.2 Å². The first-order chi connectivity index (χ1) is 13.1. The van der Waals surface area contributed by atoms with Gasteiger partial charge in [0, 0.05) is 18.5 Å². The van der Waals surface area contributed by atoms with Crippen molar-refractivity contribution in [2.24, 2.45) is 0 Å². The number of amides is 2. The highest BCUT2D eigenvalue weighted by Gasteiger charge is 2.09. The maximum Gasteiger partial charge on any atom is 0.362 e. The highest BCUT2D eigenvalue weighted by atomic mass is 16.7. The third-order valence-electron chi connectivity index (χ3n) is 3.88. The molecule has 27 heavy (non-hydrogen) atoms. The van der Waals surface area contributed by atoms with E-state index in [1.165, 1.54) is 0 Å². The third kappa shape index (κ3) is 8.18. The highest BCUT2D eigenvalue weighted by Crippen LogP contribution is 2.09. The van der Waals surface area contributed by atoms with Crippen LogP contribution in [0.15, 0.2) is 60.7 Å². The van der Waals surface area contributed by atoms with Gasteiger partial charge in [0.05, 0.1) is 5.56 Å². The Kier molecular flexibility index (Phi) is 8.56. The van der Waals surface area contributed by atoms with Crippen LogP contribution in [0.4, 0.5) is 5.69 Å². The average Bonchev–Trinajstić information content (AvgIpc) is 2.70. The molecule has 0 heterocycles. The lowest BCUT2D eigenvalue weighted by Gasteiger charge is -2.06. The van der Waals surface area contributed by atoms with Gasteiger partial charge in [-0.2, -0.15) is 5.48 Å². The molecule has 6 nitrogen and oxygen atoms in total. The Morgan fingerprint density at radius 1 is 0.704 bits per heavy atom. The van der Waals surface area contributed by atoms with Gasteiger partial charge in [-0.15, -0.1) is 0 Å². The molecule has 0 aromatic heterocycles. The molecular formula is C21H24N2O4. The van der Waals surface area contributed by atoms with Crippen LogP contribution >= 0.6 is 0 Å². The summed E-state index contributed by atoms with van der Waals surface area (Å²) < 4.78 is 0. The van der Waals surface area contributed by atoms with Crippen molar-refractivity contribution in [2.75, 3.05) is 5.32 Å². The number of nitrogens with one attached hydrogen (secondary N) is 2. The van der Waals surface area contributed by atoms with Crippen molar-refractivity contribution in [1.29, 1.82) is 0 Å². The predicted molar refractivity (Wildman–Crippen MR) is 103 cm³/mol. The minimum absolute atomic E-state index is 0.00762. The largest absolute Gasteiger partial charge is 0.362 e. The predicted octanol–water partition coefficient (Wildman–Crippen LogP) is 3.85. The minimum Gasteiger partial charge on any atom is -0.335 e. The number of hydroxylamine groups is 1. The zero-order valence-corrected chi connectivity index (χ0v) is 15.1. The number of carbonyl (C=O) groups is 3.